The Hall–Kier alpha value is -1.67. The van der Waals surface area contributed by atoms with Crippen LogP contribution in [0.1, 0.15) is 27.2 Å². The van der Waals surface area contributed by atoms with Gasteiger partial charge in [-0.25, -0.2) is 0 Å². The number of rotatable bonds is 4. The maximum Gasteiger partial charge on any atom is 0.303 e. The molecule has 0 aromatic heterocycles. The smallest absolute Gasteiger partial charge is 0.303 e. The number of carbonyl (C=O) groups is 3. The van der Waals surface area contributed by atoms with Gasteiger partial charge in [0.05, 0.1) is 0 Å². The van der Waals surface area contributed by atoms with Crippen LogP contribution in [0.5, 0.6) is 0 Å². The van der Waals surface area contributed by atoms with Gasteiger partial charge >= 0.3 is 17.9 Å². The molecule has 8 heteroatoms. The molecule has 0 aromatic rings. The second kappa shape index (κ2) is 7.20. The third-order valence-corrected chi connectivity index (χ3v) is 2.60. The summed E-state index contributed by atoms with van der Waals surface area (Å²) in [6, 6.07) is 0. The van der Waals surface area contributed by atoms with Crippen molar-refractivity contribution in [2.45, 2.75) is 51.8 Å². The predicted octanol–water partition coefficient (Wildman–Crippen LogP) is -0.480. The Morgan fingerprint density at radius 2 is 1.60 bits per heavy atom. The molecule has 1 fully saturated rings. The number of esters is 3. The summed E-state index contributed by atoms with van der Waals surface area (Å²) in [5, 5.41) is 9.72. The van der Waals surface area contributed by atoms with Gasteiger partial charge in [-0.2, -0.15) is 0 Å². The third-order valence-electron chi connectivity index (χ3n) is 2.60. The normalized spacial score (nSPS) is 29.4. The van der Waals surface area contributed by atoms with Gasteiger partial charge in [0.1, 0.15) is 18.8 Å². The molecule has 114 valence electrons. The minimum Gasteiger partial charge on any atom is -0.463 e. The predicted molar refractivity (Wildman–Crippen MR) is 63.2 cm³/mol. The molecular formula is C12H18O8. The van der Waals surface area contributed by atoms with E-state index in [1.165, 1.54) is 20.8 Å². The summed E-state index contributed by atoms with van der Waals surface area (Å²) in [4.78, 5) is 32.8. The first-order chi connectivity index (χ1) is 9.29. The summed E-state index contributed by atoms with van der Waals surface area (Å²) >= 11 is 0. The molecule has 0 bridgehead atoms. The summed E-state index contributed by atoms with van der Waals surface area (Å²) in [7, 11) is 0. The molecule has 4 atom stereocenters. The Labute approximate surface area is 115 Å². The number of carbonyl (C=O) groups excluding carboxylic acids is 3. The zero-order valence-corrected chi connectivity index (χ0v) is 11.5. The SMILES string of the molecule is CC(=O)OC[C@H]1OC(O)[C@H](OC(C)=O)C[C@H]1OC(C)=O. The highest BCUT2D eigenvalue weighted by Crippen LogP contribution is 2.24. The van der Waals surface area contributed by atoms with Crippen LogP contribution in [0, 0.1) is 0 Å². The molecule has 1 unspecified atom stereocenters. The van der Waals surface area contributed by atoms with E-state index in [-0.39, 0.29) is 13.0 Å². The van der Waals surface area contributed by atoms with Gasteiger partial charge < -0.3 is 24.1 Å². The van der Waals surface area contributed by atoms with Crippen molar-refractivity contribution in [1.29, 1.82) is 0 Å². The van der Waals surface area contributed by atoms with E-state index in [4.69, 9.17) is 18.9 Å². The van der Waals surface area contributed by atoms with Gasteiger partial charge in [-0.1, -0.05) is 0 Å². The van der Waals surface area contributed by atoms with Crippen LogP contribution < -0.4 is 0 Å². The highest BCUT2D eigenvalue weighted by Gasteiger charge is 2.41. The van der Waals surface area contributed by atoms with Crippen LogP contribution in [0.4, 0.5) is 0 Å². The fraction of sp³-hybridized carbons (Fsp3) is 0.750. The van der Waals surface area contributed by atoms with Crippen LogP contribution >= 0.6 is 0 Å². The second-order valence-corrected chi connectivity index (χ2v) is 4.40. The summed E-state index contributed by atoms with van der Waals surface area (Å²) in [6.45, 7) is 3.46. The van der Waals surface area contributed by atoms with Crippen LogP contribution in [0.25, 0.3) is 0 Å². The monoisotopic (exact) mass is 290 g/mol. The lowest BCUT2D eigenvalue weighted by Crippen LogP contribution is -2.51. The van der Waals surface area contributed by atoms with E-state index in [1.54, 1.807) is 0 Å². The lowest BCUT2D eigenvalue weighted by molar-refractivity contribution is -0.262. The summed E-state index contributed by atoms with van der Waals surface area (Å²) in [5.41, 5.74) is 0. The average Bonchev–Trinajstić information content (AvgIpc) is 2.29. The van der Waals surface area contributed by atoms with Crippen LogP contribution in [0.3, 0.4) is 0 Å². The van der Waals surface area contributed by atoms with Crippen molar-refractivity contribution in [3.05, 3.63) is 0 Å². The van der Waals surface area contributed by atoms with Crippen LogP contribution in [-0.4, -0.2) is 54.2 Å². The molecule has 0 spiro atoms. The largest absolute Gasteiger partial charge is 0.463 e. The van der Waals surface area contributed by atoms with E-state index in [1.807, 2.05) is 0 Å². The minimum atomic E-state index is -1.37. The van der Waals surface area contributed by atoms with Crippen molar-refractivity contribution < 1.29 is 38.4 Å². The van der Waals surface area contributed by atoms with Crippen molar-refractivity contribution in [2.75, 3.05) is 6.61 Å². The summed E-state index contributed by atoms with van der Waals surface area (Å²) in [6.07, 6.45) is -3.84. The van der Waals surface area contributed by atoms with Gasteiger partial charge in [0, 0.05) is 27.2 Å². The Morgan fingerprint density at radius 3 is 2.10 bits per heavy atom. The van der Waals surface area contributed by atoms with E-state index < -0.39 is 42.5 Å². The number of aliphatic hydroxyl groups excluding tert-OH is 1. The summed E-state index contributed by atoms with van der Waals surface area (Å²) in [5.74, 6) is -1.66. The third kappa shape index (κ3) is 5.14. The van der Waals surface area contributed by atoms with Gasteiger partial charge in [0.25, 0.3) is 0 Å². The van der Waals surface area contributed by atoms with E-state index in [0.29, 0.717) is 0 Å². The number of hydrogen-bond acceptors (Lipinski definition) is 8. The molecule has 1 heterocycles. The Balaban J connectivity index is 2.70. The molecular weight excluding hydrogens is 272 g/mol. The molecule has 1 N–H and O–H groups in total. The first kappa shape index (κ1) is 16.4. The number of hydrogen-bond donors (Lipinski definition) is 1. The standard InChI is InChI=1S/C12H18O8/c1-6(13)17-5-11-9(18-7(2)14)4-10(12(16)20-11)19-8(3)15/h9-12,16H,4-5H2,1-3H3/t9-,10-,11-,12?/m1/s1. The van der Waals surface area contributed by atoms with Gasteiger partial charge in [-0.05, 0) is 0 Å². The molecule has 0 radical (unpaired) electrons. The molecule has 1 rings (SSSR count). The minimum absolute atomic E-state index is 0.0618. The molecule has 8 nitrogen and oxygen atoms in total. The quantitative estimate of drug-likeness (QED) is 0.546. The van der Waals surface area contributed by atoms with Crippen molar-refractivity contribution in [3.63, 3.8) is 0 Å². The first-order valence-electron chi connectivity index (χ1n) is 6.11. The van der Waals surface area contributed by atoms with E-state index in [2.05, 4.69) is 0 Å². The van der Waals surface area contributed by atoms with Gasteiger partial charge in [0.15, 0.2) is 12.4 Å². The highest BCUT2D eigenvalue weighted by molar-refractivity contribution is 5.67. The van der Waals surface area contributed by atoms with Crippen LogP contribution in [0.15, 0.2) is 0 Å². The Bertz CT molecular complexity index is 380. The van der Waals surface area contributed by atoms with Gasteiger partial charge in [-0.15, -0.1) is 0 Å². The Kier molecular flexibility index (Phi) is 5.90. The Morgan fingerprint density at radius 1 is 1.05 bits per heavy atom. The molecule has 0 amide bonds. The fourth-order valence-corrected chi connectivity index (χ4v) is 1.85. The lowest BCUT2D eigenvalue weighted by Gasteiger charge is -2.37. The second-order valence-electron chi connectivity index (χ2n) is 4.40. The molecule has 1 saturated heterocycles. The molecule has 20 heavy (non-hydrogen) atoms. The number of aliphatic hydroxyl groups is 1. The maximum absolute atomic E-state index is 11.1. The number of ether oxygens (including phenoxy) is 4. The van der Waals surface area contributed by atoms with Gasteiger partial charge in [0.2, 0.25) is 0 Å². The molecule has 0 aromatic carbocycles. The van der Waals surface area contributed by atoms with Crippen molar-refractivity contribution in [1.82, 2.24) is 0 Å². The average molecular weight is 290 g/mol. The van der Waals surface area contributed by atoms with E-state index in [9.17, 15) is 19.5 Å². The molecule has 0 saturated carbocycles. The van der Waals surface area contributed by atoms with Crippen molar-refractivity contribution in [3.8, 4) is 0 Å². The van der Waals surface area contributed by atoms with E-state index >= 15 is 0 Å². The molecule has 1 aliphatic rings. The van der Waals surface area contributed by atoms with E-state index in [0.717, 1.165) is 0 Å². The fourth-order valence-electron chi connectivity index (χ4n) is 1.85. The van der Waals surface area contributed by atoms with Crippen molar-refractivity contribution >= 4 is 17.9 Å². The zero-order chi connectivity index (χ0) is 15.3. The van der Waals surface area contributed by atoms with Crippen molar-refractivity contribution in [2.24, 2.45) is 0 Å². The maximum atomic E-state index is 11.1. The van der Waals surface area contributed by atoms with Gasteiger partial charge in [-0.3, -0.25) is 14.4 Å². The summed E-state index contributed by atoms with van der Waals surface area (Å²) < 4.78 is 19.9. The van der Waals surface area contributed by atoms with Crippen LogP contribution in [0.2, 0.25) is 0 Å². The van der Waals surface area contributed by atoms with Crippen LogP contribution in [-0.2, 0) is 33.3 Å². The highest BCUT2D eigenvalue weighted by atomic mass is 16.7. The lowest BCUT2D eigenvalue weighted by atomic mass is 10.0. The zero-order valence-electron chi connectivity index (χ0n) is 11.5. The molecule has 1 aliphatic heterocycles. The topological polar surface area (TPSA) is 108 Å². The molecule has 0 aliphatic carbocycles. The first-order valence-corrected chi connectivity index (χ1v) is 6.11.